The van der Waals surface area contributed by atoms with Crippen molar-refractivity contribution in [3.05, 3.63) is 41.6 Å². The number of rotatable bonds is 4. The molecule has 0 aliphatic heterocycles. The Morgan fingerprint density at radius 2 is 2.17 bits per heavy atom. The molecular weight excluding hydrogens is 232 g/mol. The van der Waals surface area contributed by atoms with Crippen LogP contribution >= 0.6 is 0 Å². The predicted molar refractivity (Wildman–Crippen MR) is 66.3 cm³/mol. The second-order valence-electron chi connectivity index (χ2n) is 4.22. The van der Waals surface area contributed by atoms with E-state index in [9.17, 15) is 10.2 Å². The average Bonchev–Trinajstić information content (AvgIpc) is 2.74. The fourth-order valence-electron chi connectivity index (χ4n) is 1.62. The Bertz CT molecular complexity index is 537. The molecule has 2 rings (SSSR count). The number of aryl methyl sites for hydroxylation is 1. The lowest BCUT2D eigenvalue weighted by atomic mass is 10.2. The van der Waals surface area contributed by atoms with Gasteiger partial charge < -0.3 is 19.9 Å². The first kappa shape index (κ1) is 12.4. The molecule has 96 valence electrons. The quantitative estimate of drug-likeness (QED) is 0.773. The summed E-state index contributed by atoms with van der Waals surface area (Å²) in [6.07, 6.45) is 1.67. The van der Waals surface area contributed by atoms with Gasteiger partial charge in [0.25, 0.3) is 0 Å². The number of nitrogens with zero attached hydrogens (tertiary/aromatic N) is 1. The lowest BCUT2D eigenvalue weighted by Crippen LogP contribution is -2.18. The zero-order valence-corrected chi connectivity index (χ0v) is 10.3. The van der Waals surface area contributed by atoms with Crippen molar-refractivity contribution in [2.24, 2.45) is 0 Å². The topological polar surface area (TPSA) is 78.5 Å². The molecule has 5 heteroatoms. The van der Waals surface area contributed by atoms with Crippen LogP contribution in [0.15, 0.2) is 28.8 Å². The summed E-state index contributed by atoms with van der Waals surface area (Å²) in [4.78, 5) is 4.13. The lowest BCUT2D eigenvalue weighted by Gasteiger charge is -2.11. The summed E-state index contributed by atoms with van der Waals surface area (Å²) in [6.45, 7) is 4.24. The fraction of sp³-hybridized carbons (Fsp3) is 0.308. The normalized spacial score (nSPS) is 12.6. The molecule has 0 spiro atoms. The van der Waals surface area contributed by atoms with E-state index in [0.717, 1.165) is 5.76 Å². The van der Waals surface area contributed by atoms with Gasteiger partial charge in [-0.05, 0) is 19.9 Å². The highest BCUT2D eigenvalue weighted by Gasteiger charge is 2.11. The second-order valence-corrected chi connectivity index (χ2v) is 4.22. The van der Waals surface area contributed by atoms with Crippen molar-refractivity contribution in [1.82, 2.24) is 10.3 Å². The molecular formula is C13H16N2O3. The first-order valence-electron chi connectivity index (χ1n) is 5.73. The van der Waals surface area contributed by atoms with Crippen LogP contribution in [-0.2, 0) is 6.54 Å². The summed E-state index contributed by atoms with van der Waals surface area (Å²) in [6, 6.07) is 4.48. The van der Waals surface area contributed by atoms with E-state index >= 15 is 0 Å². The molecule has 0 fully saturated rings. The maximum atomic E-state index is 9.64. The summed E-state index contributed by atoms with van der Waals surface area (Å²) in [5.74, 6) is 1.50. The Morgan fingerprint density at radius 1 is 1.39 bits per heavy atom. The third kappa shape index (κ3) is 2.81. The molecule has 1 unspecified atom stereocenters. The molecule has 0 aliphatic carbocycles. The van der Waals surface area contributed by atoms with E-state index in [4.69, 9.17) is 4.42 Å². The van der Waals surface area contributed by atoms with Crippen LogP contribution in [0.2, 0.25) is 0 Å². The second kappa shape index (κ2) is 5.10. The largest absolute Gasteiger partial charge is 0.508 e. The van der Waals surface area contributed by atoms with Gasteiger partial charge in [0, 0.05) is 18.2 Å². The minimum Gasteiger partial charge on any atom is -0.508 e. The van der Waals surface area contributed by atoms with Crippen molar-refractivity contribution in [3.63, 3.8) is 0 Å². The number of benzene rings is 1. The predicted octanol–water partition coefficient (Wildman–Crippen LogP) is 2.25. The Balaban J connectivity index is 1.99. The standard InChI is InChI=1S/C13H16N2O3/c1-8-6-15-13(18-8)9(2)14-7-10-3-4-11(16)5-12(10)17/h3-6,9,14,16-17H,7H2,1-2H3. The van der Waals surface area contributed by atoms with Crippen LogP contribution in [0, 0.1) is 6.92 Å². The molecule has 0 radical (unpaired) electrons. The van der Waals surface area contributed by atoms with Crippen molar-refractivity contribution in [2.45, 2.75) is 26.4 Å². The van der Waals surface area contributed by atoms with Gasteiger partial charge in [0.1, 0.15) is 17.3 Å². The number of aromatic nitrogens is 1. The van der Waals surface area contributed by atoms with Gasteiger partial charge in [0.15, 0.2) is 0 Å². The zero-order chi connectivity index (χ0) is 13.1. The van der Waals surface area contributed by atoms with E-state index in [1.807, 2.05) is 13.8 Å². The van der Waals surface area contributed by atoms with E-state index in [-0.39, 0.29) is 17.5 Å². The van der Waals surface area contributed by atoms with Gasteiger partial charge in [0.05, 0.1) is 12.2 Å². The highest BCUT2D eigenvalue weighted by molar-refractivity contribution is 5.38. The molecule has 0 amide bonds. The minimum atomic E-state index is -0.0492. The van der Waals surface area contributed by atoms with Gasteiger partial charge >= 0.3 is 0 Å². The molecule has 0 aliphatic rings. The van der Waals surface area contributed by atoms with Gasteiger partial charge in [-0.2, -0.15) is 0 Å². The molecule has 1 heterocycles. The van der Waals surface area contributed by atoms with E-state index < -0.39 is 0 Å². The fourth-order valence-corrected chi connectivity index (χ4v) is 1.62. The molecule has 18 heavy (non-hydrogen) atoms. The van der Waals surface area contributed by atoms with Crippen LogP contribution in [0.4, 0.5) is 0 Å². The molecule has 5 nitrogen and oxygen atoms in total. The van der Waals surface area contributed by atoms with Gasteiger partial charge in [-0.25, -0.2) is 4.98 Å². The number of hydrogen-bond donors (Lipinski definition) is 3. The molecule has 0 saturated carbocycles. The van der Waals surface area contributed by atoms with Crippen molar-refractivity contribution >= 4 is 0 Å². The van der Waals surface area contributed by atoms with E-state index in [2.05, 4.69) is 10.3 Å². The molecule has 0 saturated heterocycles. The summed E-state index contributed by atoms with van der Waals surface area (Å²) in [7, 11) is 0. The zero-order valence-electron chi connectivity index (χ0n) is 10.3. The van der Waals surface area contributed by atoms with Crippen LogP contribution in [-0.4, -0.2) is 15.2 Å². The van der Waals surface area contributed by atoms with Crippen LogP contribution in [0.3, 0.4) is 0 Å². The number of hydrogen-bond acceptors (Lipinski definition) is 5. The van der Waals surface area contributed by atoms with E-state index in [1.165, 1.54) is 12.1 Å². The molecule has 3 N–H and O–H groups in total. The minimum absolute atomic E-state index is 0.0487. The number of oxazole rings is 1. The third-order valence-electron chi connectivity index (χ3n) is 2.68. The van der Waals surface area contributed by atoms with Crippen LogP contribution in [0.5, 0.6) is 11.5 Å². The summed E-state index contributed by atoms with van der Waals surface area (Å²) in [5.41, 5.74) is 0.711. The van der Waals surface area contributed by atoms with Crippen molar-refractivity contribution < 1.29 is 14.6 Å². The average molecular weight is 248 g/mol. The molecule has 2 aromatic rings. The van der Waals surface area contributed by atoms with E-state index in [0.29, 0.717) is 18.0 Å². The molecule has 0 bridgehead atoms. The first-order valence-corrected chi connectivity index (χ1v) is 5.73. The summed E-state index contributed by atoms with van der Waals surface area (Å²) in [5, 5.41) is 22.0. The van der Waals surface area contributed by atoms with Crippen molar-refractivity contribution in [3.8, 4) is 11.5 Å². The first-order chi connectivity index (χ1) is 8.56. The summed E-state index contributed by atoms with van der Waals surface area (Å²) >= 11 is 0. The van der Waals surface area contributed by atoms with Gasteiger partial charge in [-0.1, -0.05) is 6.07 Å². The molecule has 1 aromatic heterocycles. The van der Waals surface area contributed by atoms with Crippen molar-refractivity contribution in [2.75, 3.05) is 0 Å². The van der Waals surface area contributed by atoms with Gasteiger partial charge in [-0.3, -0.25) is 0 Å². The van der Waals surface area contributed by atoms with Crippen LogP contribution in [0.1, 0.15) is 30.2 Å². The maximum Gasteiger partial charge on any atom is 0.211 e. The smallest absolute Gasteiger partial charge is 0.211 e. The number of nitrogens with one attached hydrogen (secondary N) is 1. The van der Waals surface area contributed by atoms with E-state index in [1.54, 1.807) is 12.3 Å². The van der Waals surface area contributed by atoms with Gasteiger partial charge in [-0.15, -0.1) is 0 Å². The molecule has 1 atom stereocenters. The Hall–Kier alpha value is -2.01. The number of aromatic hydroxyl groups is 2. The number of phenolic OH excluding ortho intramolecular Hbond substituents is 2. The highest BCUT2D eigenvalue weighted by Crippen LogP contribution is 2.23. The SMILES string of the molecule is Cc1cnc(C(C)NCc2ccc(O)cc2O)o1. The Labute approximate surface area is 105 Å². The third-order valence-corrected chi connectivity index (χ3v) is 2.68. The van der Waals surface area contributed by atoms with Crippen LogP contribution in [0.25, 0.3) is 0 Å². The Kier molecular flexibility index (Phi) is 3.53. The number of phenols is 2. The van der Waals surface area contributed by atoms with Crippen LogP contribution < -0.4 is 5.32 Å². The molecule has 1 aromatic carbocycles. The maximum absolute atomic E-state index is 9.64. The van der Waals surface area contributed by atoms with Gasteiger partial charge in [0.2, 0.25) is 5.89 Å². The Morgan fingerprint density at radius 3 is 2.78 bits per heavy atom. The lowest BCUT2D eigenvalue weighted by molar-refractivity contribution is 0.397. The monoisotopic (exact) mass is 248 g/mol. The van der Waals surface area contributed by atoms with Crippen molar-refractivity contribution in [1.29, 1.82) is 0 Å². The summed E-state index contributed by atoms with van der Waals surface area (Å²) < 4.78 is 5.41. The highest BCUT2D eigenvalue weighted by atomic mass is 16.4.